The number of thioether (sulfide) groups is 1. The molecule has 4 aliphatic carbocycles. The Bertz CT molecular complexity index is 879. The molecule has 43 heavy (non-hydrogen) atoms. The first-order valence-corrected chi connectivity index (χ1v) is 19.4. The zero-order valence-corrected chi connectivity index (χ0v) is 30.2. The molecule has 3 saturated carbocycles. The lowest BCUT2D eigenvalue weighted by Gasteiger charge is -2.58. The fourth-order valence-corrected chi connectivity index (χ4v) is 11.4. The predicted octanol–water partition coefficient (Wildman–Crippen LogP) is 9.42. The van der Waals surface area contributed by atoms with Crippen LogP contribution < -0.4 is 0 Å². The van der Waals surface area contributed by atoms with E-state index in [1.54, 1.807) is 12.7 Å². The van der Waals surface area contributed by atoms with E-state index in [2.05, 4.69) is 59.4 Å². The molecule has 10 atom stereocenters. The van der Waals surface area contributed by atoms with Gasteiger partial charge in [0.1, 0.15) is 0 Å². The van der Waals surface area contributed by atoms with E-state index >= 15 is 0 Å². The number of ether oxygens (including phenoxy) is 2. The normalized spacial score (nSPS) is 36.2. The fourth-order valence-electron chi connectivity index (χ4n) is 10.3. The molecule has 3 fully saturated rings. The molecule has 0 aliphatic heterocycles. The Morgan fingerprint density at radius 3 is 2.53 bits per heavy atom. The van der Waals surface area contributed by atoms with E-state index in [-0.39, 0.29) is 0 Å². The molecule has 5 heteroatoms. The van der Waals surface area contributed by atoms with Crippen molar-refractivity contribution in [2.45, 2.75) is 138 Å². The number of allylic oxidation sites excluding steroid dienone is 1. The van der Waals surface area contributed by atoms with Gasteiger partial charge in [0.05, 0.1) is 12.7 Å². The second kappa shape index (κ2) is 16.2. The number of fused-ring (bicyclic) bond motifs is 5. The molecular weight excluding hydrogens is 550 g/mol. The molecule has 0 aromatic heterocycles. The number of methoxy groups -OCH3 is 1. The second-order valence-corrected chi connectivity index (χ2v) is 17.6. The minimum absolute atomic E-state index is 0.417. The Kier molecular flexibility index (Phi) is 13.4. The third kappa shape index (κ3) is 8.65. The highest BCUT2D eigenvalue weighted by molar-refractivity contribution is 7.99. The first-order chi connectivity index (χ1) is 20.5. The second-order valence-electron chi connectivity index (χ2n) is 16.4. The summed E-state index contributed by atoms with van der Waals surface area (Å²) in [5, 5.41) is 9.68. The van der Waals surface area contributed by atoms with E-state index in [1.165, 1.54) is 88.6 Å². The predicted molar refractivity (Wildman–Crippen MR) is 184 cm³/mol. The fraction of sp³-hybridized carbons (Fsp3) is 0.947. The lowest BCUT2D eigenvalue weighted by molar-refractivity contribution is -0.167. The quantitative estimate of drug-likeness (QED) is 0.0998. The molecule has 0 bridgehead atoms. The molecule has 0 aromatic carbocycles. The van der Waals surface area contributed by atoms with Crippen molar-refractivity contribution < 1.29 is 14.6 Å². The minimum atomic E-state index is -0.787. The van der Waals surface area contributed by atoms with E-state index in [0.29, 0.717) is 22.9 Å². The summed E-state index contributed by atoms with van der Waals surface area (Å²) in [6, 6.07) is 0. The molecule has 0 aromatic rings. The average Bonchev–Trinajstić information content (AvgIpc) is 3.34. The third-order valence-electron chi connectivity index (χ3n) is 12.9. The standard InChI is InChI=1S/C38H69NO3S/c1-27(2)12-11-13-29(4)33-16-17-34-32-15-14-30-24-31(18-20-37(30,5)35(32)19-21-38(33,34)6)42-25-28(3)26-43-23-10-9-22-39(7)36(40)41-8/h14,27-29,31-36,40H,9-13,15-26H2,1-8H3. The summed E-state index contributed by atoms with van der Waals surface area (Å²) >= 11 is 2.05. The van der Waals surface area contributed by atoms with Gasteiger partial charge in [0.2, 0.25) is 6.41 Å². The maximum atomic E-state index is 9.68. The number of hydrogen-bond donors (Lipinski definition) is 1. The third-order valence-corrected chi connectivity index (χ3v) is 14.3. The number of aliphatic hydroxyl groups is 1. The van der Waals surface area contributed by atoms with Crippen molar-refractivity contribution in [1.82, 2.24) is 4.90 Å². The van der Waals surface area contributed by atoms with Gasteiger partial charge < -0.3 is 14.6 Å². The summed E-state index contributed by atoms with van der Waals surface area (Å²) in [6.07, 6.45) is 19.9. The van der Waals surface area contributed by atoms with Gasteiger partial charge >= 0.3 is 0 Å². The van der Waals surface area contributed by atoms with Crippen LogP contribution in [0.4, 0.5) is 0 Å². The molecule has 4 aliphatic rings. The van der Waals surface area contributed by atoms with Gasteiger partial charge in [0.15, 0.2) is 0 Å². The molecule has 0 amide bonds. The monoisotopic (exact) mass is 619 g/mol. The lowest BCUT2D eigenvalue weighted by Crippen LogP contribution is -2.51. The van der Waals surface area contributed by atoms with E-state index in [1.807, 2.05) is 11.9 Å². The number of nitrogens with zero attached hydrogens (tertiary/aromatic N) is 1. The first kappa shape index (κ1) is 35.8. The van der Waals surface area contributed by atoms with Crippen LogP contribution in [-0.2, 0) is 9.47 Å². The Balaban J connectivity index is 1.21. The maximum absolute atomic E-state index is 9.68. The smallest absolute Gasteiger partial charge is 0.215 e. The van der Waals surface area contributed by atoms with Crippen LogP contribution in [-0.4, -0.2) is 61.3 Å². The molecule has 0 saturated heterocycles. The highest BCUT2D eigenvalue weighted by atomic mass is 32.2. The van der Waals surface area contributed by atoms with E-state index in [0.717, 1.165) is 55.1 Å². The number of aliphatic hydroxyl groups excluding tert-OH is 1. The Labute approximate surface area is 270 Å². The number of hydrogen-bond acceptors (Lipinski definition) is 5. The van der Waals surface area contributed by atoms with Crippen molar-refractivity contribution in [2.75, 3.05) is 38.8 Å². The molecule has 0 radical (unpaired) electrons. The van der Waals surface area contributed by atoms with Crippen molar-refractivity contribution in [1.29, 1.82) is 0 Å². The van der Waals surface area contributed by atoms with Crippen LogP contribution in [0.3, 0.4) is 0 Å². The number of unbranched alkanes of at least 4 members (excludes halogenated alkanes) is 1. The van der Waals surface area contributed by atoms with Crippen LogP contribution >= 0.6 is 11.8 Å². The van der Waals surface area contributed by atoms with E-state index < -0.39 is 6.41 Å². The molecule has 1 N–H and O–H groups in total. The van der Waals surface area contributed by atoms with Crippen molar-refractivity contribution >= 4 is 11.8 Å². The van der Waals surface area contributed by atoms with Gasteiger partial charge in [-0.15, -0.1) is 0 Å². The summed E-state index contributed by atoms with van der Waals surface area (Å²) in [4.78, 5) is 1.85. The Hall–Kier alpha value is -0.0700. The largest absolute Gasteiger partial charge is 0.378 e. The molecule has 0 spiro atoms. The van der Waals surface area contributed by atoms with Crippen LogP contribution in [0.25, 0.3) is 0 Å². The summed E-state index contributed by atoms with van der Waals surface area (Å²) < 4.78 is 11.6. The summed E-state index contributed by atoms with van der Waals surface area (Å²) in [5.41, 5.74) is 2.76. The van der Waals surface area contributed by atoms with Gasteiger partial charge in [0, 0.05) is 13.7 Å². The van der Waals surface area contributed by atoms with E-state index in [9.17, 15) is 5.11 Å². The SMILES string of the molecule is COC(O)N(C)CCCCSCC(C)COC1CCC2(C)C(=CCC3C2CCC2(C)C(C(C)CCCC(C)C)CCC32)C1. The van der Waals surface area contributed by atoms with Crippen LogP contribution in [0.15, 0.2) is 11.6 Å². The highest BCUT2D eigenvalue weighted by Crippen LogP contribution is 2.67. The molecule has 250 valence electrons. The summed E-state index contributed by atoms with van der Waals surface area (Å²) in [6.45, 7) is 16.9. The Morgan fingerprint density at radius 1 is 1.00 bits per heavy atom. The molecule has 10 unspecified atom stereocenters. The highest BCUT2D eigenvalue weighted by Gasteiger charge is 2.59. The maximum Gasteiger partial charge on any atom is 0.215 e. The van der Waals surface area contributed by atoms with Crippen LogP contribution in [0.1, 0.15) is 125 Å². The zero-order chi connectivity index (χ0) is 31.2. The van der Waals surface area contributed by atoms with Crippen molar-refractivity contribution in [3.05, 3.63) is 11.6 Å². The van der Waals surface area contributed by atoms with Gasteiger partial charge in [0.25, 0.3) is 0 Å². The van der Waals surface area contributed by atoms with Crippen molar-refractivity contribution in [2.24, 2.45) is 52.3 Å². The molecular formula is C38H69NO3S. The average molecular weight is 620 g/mol. The van der Waals surface area contributed by atoms with Crippen molar-refractivity contribution in [3.8, 4) is 0 Å². The molecule has 4 rings (SSSR count). The zero-order valence-electron chi connectivity index (χ0n) is 29.4. The Morgan fingerprint density at radius 2 is 1.79 bits per heavy atom. The van der Waals surface area contributed by atoms with Crippen LogP contribution in [0.5, 0.6) is 0 Å². The number of rotatable bonds is 17. The van der Waals surface area contributed by atoms with Crippen LogP contribution in [0, 0.1) is 52.3 Å². The molecule has 4 nitrogen and oxygen atoms in total. The van der Waals surface area contributed by atoms with Gasteiger partial charge in [-0.1, -0.05) is 72.5 Å². The summed E-state index contributed by atoms with van der Waals surface area (Å²) in [7, 11) is 3.45. The van der Waals surface area contributed by atoms with Crippen LogP contribution in [0.2, 0.25) is 0 Å². The van der Waals surface area contributed by atoms with Gasteiger partial charge in [-0.2, -0.15) is 11.8 Å². The summed E-state index contributed by atoms with van der Waals surface area (Å²) in [5.74, 6) is 8.40. The van der Waals surface area contributed by atoms with Gasteiger partial charge in [-0.3, -0.25) is 4.90 Å². The van der Waals surface area contributed by atoms with Gasteiger partial charge in [-0.25, -0.2) is 0 Å². The molecule has 0 heterocycles. The topological polar surface area (TPSA) is 41.9 Å². The van der Waals surface area contributed by atoms with Crippen molar-refractivity contribution in [3.63, 3.8) is 0 Å². The first-order valence-electron chi connectivity index (χ1n) is 18.3. The minimum Gasteiger partial charge on any atom is -0.378 e. The lowest BCUT2D eigenvalue weighted by atomic mass is 9.47. The van der Waals surface area contributed by atoms with Gasteiger partial charge in [-0.05, 0) is 135 Å². The van der Waals surface area contributed by atoms with E-state index in [4.69, 9.17) is 9.47 Å².